The molecule has 0 radical (unpaired) electrons. The van der Waals surface area contributed by atoms with Crippen LogP contribution in [0.1, 0.15) is 97.7 Å². The first kappa shape index (κ1) is 28.1. The van der Waals surface area contributed by atoms with Crippen LogP contribution in [0, 0.1) is 16.8 Å². The number of aliphatic hydroxyl groups is 1. The van der Waals surface area contributed by atoms with Crippen LogP contribution in [-0.4, -0.2) is 10.1 Å². The molecule has 5 nitrogen and oxygen atoms in total. The van der Waals surface area contributed by atoms with E-state index in [-0.39, 0.29) is 23.6 Å². The molecule has 0 amide bonds. The Bertz CT molecular complexity index is 1420. The molecule has 1 heterocycles. The van der Waals surface area contributed by atoms with Gasteiger partial charge >= 0.3 is 6.18 Å². The molecule has 2 atom stereocenters. The number of benzene rings is 2. The summed E-state index contributed by atoms with van der Waals surface area (Å²) in [5.41, 5.74) is 11.8. The average molecular weight is 554 g/mol. The molecule has 1 saturated carbocycles. The van der Waals surface area contributed by atoms with E-state index in [1.165, 1.54) is 24.3 Å². The van der Waals surface area contributed by atoms with Crippen LogP contribution < -0.4 is 4.91 Å². The van der Waals surface area contributed by atoms with Gasteiger partial charge < -0.3 is 5.11 Å². The molecule has 9 heteroatoms. The van der Waals surface area contributed by atoms with Crippen LogP contribution in [0.4, 0.5) is 17.6 Å². The number of hydrogen-bond acceptors (Lipinski definition) is 4. The van der Waals surface area contributed by atoms with Crippen molar-refractivity contribution in [2.75, 3.05) is 0 Å². The van der Waals surface area contributed by atoms with Gasteiger partial charge in [-0.25, -0.2) is 4.39 Å². The molecule has 0 aliphatic heterocycles. The summed E-state index contributed by atoms with van der Waals surface area (Å²) in [5, 5.41) is 15.6. The summed E-state index contributed by atoms with van der Waals surface area (Å²) in [5.74, 6) is -0.195. The fraction of sp³-hybridized carbons (Fsp3) is 0.452. The van der Waals surface area contributed by atoms with Gasteiger partial charge in [-0.3, -0.25) is 4.98 Å². The quantitative estimate of drug-likeness (QED) is 0.182. The van der Waals surface area contributed by atoms with Gasteiger partial charge in [-0.2, -0.15) is 13.2 Å². The number of aliphatic hydroxyl groups excluding tert-OH is 1. The molecule has 1 aromatic heterocycles. The van der Waals surface area contributed by atoms with Gasteiger partial charge in [0.05, 0.1) is 11.7 Å². The van der Waals surface area contributed by atoms with Gasteiger partial charge in [0.25, 0.3) is 0 Å². The van der Waals surface area contributed by atoms with Crippen molar-refractivity contribution in [1.29, 1.82) is 5.53 Å². The summed E-state index contributed by atoms with van der Waals surface area (Å²) < 4.78 is 53.7. The molecule has 0 bridgehead atoms. The molecule has 0 saturated heterocycles. The molecule has 2 aliphatic rings. The van der Waals surface area contributed by atoms with Gasteiger partial charge in [0.2, 0.25) is 4.91 Å². The normalized spacial score (nSPS) is 19.6. The first-order valence-electron chi connectivity index (χ1n) is 13.7. The molecule has 40 heavy (non-hydrogen) atoms. The van der Waals surface area contributed by atoms with Crippen molar-refractivity contribution in [3.05, 3.63) is 88.0 Å². The minimum Gasteiger partial charge on any atom is -0.388 e. The number of halogens is 4. The second-order valence-electron chi connectivity index (χ2n) is 11.8. The van der Waals surface area contributed by atoms with Crippen molar-refractivity contribution in [2.45, 2.75) is 83.0 Å². The van der Waals surface area contributed by atoms with Crippen molar-refractivity contribution in [1.82, 2.24) is 9.90 Å². The zero-order valence-corrected chi connectivity index (χ0v) is 22.6. The number of nitrogens with one attached hydrogen (secondary N) is 1. The SMILES string of the molecule is CC1(C)Cc2nc(C3CCCC3)c(CC(N=[N+]=N)c3ccc(C(F)(F)F)cc3)c(-c3ccc(F)cc3)c2C(O)C1. The fourth-order valence-corrected chi connectivity index (χ4v) is 6.43. The third kappa shape index (κ3) is 5.72. The number of nitrogens with zero attached hydrogens (tertiary/aromatic N) is 3. The Morgan fingerprint density at radius 2 is 1.73 bits per heavy atom. The predicted molar refractivity (Wildman–Crippen MR) is 143 cm³/mol. The largest absolute Gasteiger partial charge is 0.416 e. The molecular weight excluding hydrogens is 520 g/mol. The van der Waals surface area contributed by atoms with Crippen LogP contribution in [0.2, 0.25) is 0 Å². The topological polar surface area (TPSA) is 83.4 Å². The van der Waals surface area contributed by atoms with Gasteiger partial charge in [0.15, 0.2) is 6.04 Å². The fourth-order valence-electron chi connectivity index (χ4n) is 6.43. The van der Waals surface area contributed by atoms with E-state index in [1.807, 2.05) is 0 Å². The Morgan fingerprint density at radius 1 is 1.07 bits per heavy atom. The summed E-state index contributed by atoms with van der Waals surface area (Å²) in [6.07, 6.45) is 0.234. The summed E-state index contributed by atoms with van der Waals surface area (Å²) in [6.45, 7) is 4.22. The molecule has 2 N–H and O–H groups in total. The molecule has 2 aromatic carbocycles. The van der Waals surface area contributed by atoms with Crippen LogP contribution in [-0.2, 0) is 19.0 Å². The van der Waals surface area contributed by atoms with Gasteiger partial charge in [-0.05, 0) is 77.6 Å². The minimum absolute atomic E-state index is 0.157. The van der Waals surface area contributed by atoms with E-state index in [9.17, 15) is 22.7 Å². The monoisotopic (exact) mass is 553 g/mol. The number of aromatic nitrogens is 1. The zero-order valence-electron chi connectivity index (χ0n) is 22.6. The first-order chi connectivity index (χ1) is 19.0. The van der Waals surface area contributed by atoms with Gasteiger partial charge in [0.1, 0.15) is 16.5 Å². The van der Waals surface area contributed by atoms with Crippen molar-refractivity contribution in [2.24, 2.45) is 10.5 Å². The molecular formula is C31H33F4N4O+. The summed E-state index contributed by atoms with van der Waals surface area (Å²) in [6, 6.07) is 10.2. The van der Waals surface area contributed by atoms with E-state index in [4.69, 9.17) is 10.5 Å². The smallest absolute Gasteiger partial charge is 0.388 e. The highest BCUT2D eigenvalue weighted by atomic mass is 19.4. The summed E-state index contributed by atoms with van der Waals surface area (Å²) in [4.78, 5) is 8.47. The molecule has 2 unspecified atom stereocenters. The Labute approximate surface area is 230 Å². The zero-order chi connectivity index (χ0) is 28.7. The summed E-state index contributed by atoms with van der Waals surface area (Å²) >= 11 is 0. The van der Waals surface area contributed by atoms with E-state index in [0.29, 0.717) is 18.4 Å². The van der Waals surface area contributed by atoms with Crippen LogP contribution in [0.15, 0.2) is 53.6 Å². The van der Waals surface area contributed by atoms with Gasteiger partial charge in [0, 0.05) is 29.3 Å². The Hall–Kier alpha value is -3.42. The average Bonchev–Trinajstić information content (AvgIpc) is 3.43. The Balaban J connectivity index is 1.72. The molecule has 5 rings (SSSR count). The summed E-state index contributed by atoms with van der Waals surface area (Å²) in [7, 11) is 0. The lowest BCUT2D eigenvalue weighted by Crippen LogP contribution is -2.29. The highest BCUT2D eigenvalue weighted by Gasteiger charge is 2.38. The lowest BCUT2D eigenvalue weighted by atomic mass is 9.71. The standard InChI is InChI=1S/C31H33F4N4O/c1-30(2)16-25-28(26(40)17-30)27(19-9-13-22(32)14-10-19)23(29(37-25)20-5-3-4-6-20)15-24(38-39-36)18-7-11-21(12-8-18)31(33,34)35/h7-14,20,24,26,36,40H,3-6,15-17H2,1-2H3/q+1. The lowest BCUT2D eigenvalue weighted by molar-refractivity contribution is -0.137. The number of hydrogen-bond donors (Lipinski definition) is 2. The van der Waals surface area contributed by atoms with Crippen LogP contribution in [0.3, 0.4) is 0 Å². The second-order valence-corrected chi connectivity index (χ2v) is 11.8. The Kier molecular flexibility index (Phi) is 7.64. The van der Waals surface area contributed by atoms with Crippen molar-refractivity contribution >= 4 is 0 Å². The lowest BCUT2D eigenvalue weighted by Gasteiger charge is -2.37. The van der Waals surface area contributed by atoms with Crippen LogP contribution in [0.5, 0.6) is 0 Å². The molecule has 3 aromatic rings. The van der Waals surface area contributed by atoms with E-state index in [2.05, 4.69) is 23.9 Å². The first-order valence-corrected chi connectivity index (χ1v) is 13.7. The predicted octanol–water partition coefficient (Wildman–Crippen LogP) is 8.40. The van der Waals surface area contributed by atoms with E-state index < -0.39 is 23.9 Å². The van der Waals surface area contributed by atoms with E-state index in [1.54, 1.807) is 12.1 Å². The van der Waals surface area contributed by atoms with Crippen LogP contribution >= 0.6 is 0 Å². The maximum absolute atomic E-state index is 14.0. The number of fused-ring (bicyclic) bond motifs is 1. The van der Waals surface area contributed by atoms with Crippen molar-refractivity contribution < 1.29 is 22.7 Å². The van der Waals surface area contributed by atoms with Crippen molar-refractivity contribution in [3.8, 4) is 11.1 Å². The maximum atomic E-state index is 14.0. The third-order valence-electron chi connectivity index (χ3n) is 8.26. The maximum Gasteiger partial charge on any atom is 0.416 e. The van der Waals surface area contributed by atoms with Crippen LogP contribution in [0.25, 0.3) is 11.1 Å². The van der Waals surface area contributed by atoms with Gasteiger partial charge in [-0.1, -0.05) is 51.0 Å². The number of rotatable bonds is 6. The van der Waals surface area contributed by atoms with E-state index in [0.717, 1.165) is 71.5 Å². The highest BCUT2D eigenvalue weighted by molar-refractivity contribution is 5.74. The third-order valence-corrected chi connectivity index (χ3v) is 8.26. The van der Waals surface area contributed by atoms with Gasteiger partial charge in [-0.15, -0.1) is 0 Å². The van der Waals surface area contributed by atoms with E-state index >= 15 is 0 Å². The minimum atomic E-state index is -4.47. The molecule has 0 spiro atoms. The molecule has 210 valence electrons. The number of alkyl halides is 3. The van der Waals surface area contributed by atoms with Crippen molar-refractivity contribution in [3.63, 3.8) is 0 Å². The second kappa shape index (κ2) is 10.9. The highest BCUT2D eigenvalue weighted by Crippen LogP contribution is 2.49. The molecule has 1 fully saturated rings. The molecule has 2 aliphatic carbocycles. The Morgan fingerprint density at radius 3 is 2.33 bits per heavy atom. The number of pyridine rings is 1.